The quantitative estimate of drug-likeness (QED) is 0.418. The molecule has 0 aliphatic heterocycles. The molecule has 0 atom stereocenters. The molecule has 0 aliphatic carbocycles. The fourth-order valence-electron chi connectivity index (χ4n) is 1.44. The van der Waals surface area contributed by atoms with Crippen LogP contribution in [-0.2, 0) is 6.54 Å². The molecule has 1 nitrogen and oxygen atoms in total. The van der Waals surface area contributed by atoms with E-state index in [4.69, 9.17) is 0 Å². The molecule has 0 amide bonds. The van der Waals surface area contributed by atoms with Crippen molar-refractivity contribution >= 4 is 12.6 Å². The predicted octanol–water partition coefficient (Wildman–Crippen LogP) is 2.77. The molecule has 0 bridgehead atoms. The van der Waals surface area contributed by atoms with Crippen molar-refractivity contribution in [1.29, 1.82) is 0 Å². The Bertz CT molecular complexity index is 243. The highest BCUT2D eigenvalue weighted by Crippen LogP contribution is 2.00. The number of hydrogen-bond donors (Lipinski definition) is 1. The molecule has 1 aromatic heterocycles. The lowest BCUT2D eigenvalue weighted by atomic mass is 10.2. The minimum absolute atomic E-state index is 1.03. The smallest absolute Gasteiger partial charge is 0.169 e. The van der Waals surface area contributed by atoms with Crippen LogP contribution in [0.3, 0.4) is 0 Å². The van der Waals surface area contributed by atoms with Crippen LogP contribution in [0.25, 0.3) is 0 Å². The molecule has 0 aliphatic rings. The van der Waals surface area contributed by atoms with Crippen LogP contribution in [0.15, 0.2) is 24.5 Å². The SMILES string of the molecule is Cc1cc[n+](CCCCCCS)cc1. The van der Waals surface area contributed by atoms with Crippen molar-refractivity contribution in [3.63, 3.8) is 0 Å². The van der Waals surface area contributed by atoms with Gasteiger partial charge in [0, 0.05) is 18.6 Å². The maximum absolute atomic E-state index is 4.20. The van der Waals surface area contributed by atoms with Crippen LogP contribution < -0.4 is 4.57 Å². The van der Waals surface area contributed by atoms with Gasteiger partial charge in [-0.25, -0.2) is 4.57 Å². The van der Waals surface area contributed by atoms with Gasteiger partial charge in [0.1, 0.15) is 6.54 Å². The molecule has 0 spiro atoms. The molecule has 14 heavy (non-hydrogen) atoms. The van der Waals surface area contributed by atoms with E-state index < -0.39 is 0 Å². The summed E-state index contributed by atoms with van der Waals surface area (Å²) in [5.41, 5.74) is 1.33. The second kappa shape index (κ2) is 6.88. The summed E-state index contributed by atoms with van der Waals surface area (Å²) in [6.45, 7) is 3.27. The zero-order chi connectivity index (χ0) is 10.2. The molecule has 0 radical (unpaired) electrons. The molecule has 1 heterocycles. The largest absolute Gasteiger partial charge is 0.205 e. The predicted molar refractivity (Wildman–Crippen MR) is 63.7 cm³/mol. The zero-order valence-electron chi connectivity index (χ0n) is 8.95. The Kier molecular flexibility index (Phi) is 5.69. The summed E-state index contributed by atoms with van der Waals surface area (Å²) < 4.78 is 2.26. The molecule has 0 saturated heterocycles. The van der Waals surface area contributed by atoms with Gasteiger partial charge in [-0.05, 0) is 31.1 Å². The number of aryl methyl sites for hydroxylation is 2. The Hall–Kier alpha value is -0.500. The molecular formula is C12H20NS+. The lowest BCUT2D eigenvalue weighted by Gasteiger charge is -1.97. The maximum Gasteiger partial charge on any atom is 0.169 e. The average molecular weight is 210 g/mol. The monoisotopic (exact) mass is 210 g/mol. The molecule has 2 heteroatoms. The van der Waals surface area contributed by atoms with Gasteiger partial charge in [0.05, 0.1) is 0 Å². The second-order valence-corrected chi connectivity index (χ2v) is 4.20. The van der Waals surface area contributed by atoms with Crippen LogP contribution in [0.1, 0.15) is 31.2 Å². The number of thiol groups is 1. The van der Waals surface area contributed by atoms with E-state index in [1.54, 1.807) is 0 Å². The van der Waals surface area contributed by atoms with Crippen LogP contribution in [0.5, 0.6) is 0 Å². The van der Waals surface area contributed by atoms with Crippen molar-refractivity contribution in [3.8, 4) is 0 Å². The topological polar surface area (TPSA) is 3.88 Å². The van der Waals surface area contributed by atoms with Crippen LogP contribution in [0.2, 0.25) is 0 Å². The molecule has 0 N–H and O–H groups in total. The van der Waals surface area contributed by atoms with Gasteiger partial charge >= 0.3 is 0 Å². The molecule has 78 valence electrons. The summed E-state index contributed by atoms with van der Waals surface area (Å²) in [7, 11) is 0. The van der Waals surface area contributed by atoms with Gasteiger partial charge < -0.3 is 0 Å². The van der Waals surface area contributed by atoms with Crippen molar-refractivity contribution in [3.05, 3.63) is 30.1 Å². The van der Waals surface area contributed by atoms with Gasteiger partial charge in [0.15, 0.2) is 12.4 Å². The van der Waals surface area contributed by atoms with Crippen molar-refractivity contribution in [2.75, 3.05) is 5.75 Å². The minimum atomic E-state index is 1.03. The Morgan fingerprint density at radius 2 is 1.71 bits per heavy atom. The van der Waals surface area contributed by atoms with Crippen LogP contribution in [0.4, 0.5) is 0 Å². The Morgan fingerprint density at radius 1 is 1.07 bits per heavy atom. The molecule has 0 fully saturated rings. The molecular weight excluding hydrogens is 190 g/mol. The van der Waals surface area contributed by atoms with Crippen molar-refractivity contribution < 1.29 is 4.57 Å². The molecule has 0 aromatic carbocycles. The van der Waals surface area contributed by atoms with Gasteiger partial charge in [-0.2, -0.15) is 12.6 Å². The van der Waals surface area contributed by atoms with Crippen LogP contribution in [-0.4, -0.2) is 5.75 Å². The van der Waals surface area contributed by atoms with E-state index >= 15 is 0 Å². The van der Waals surface area contributed by atoms with Gasteiger partial charge in [-0.1, -0.05) is 6.42 Å². The summed E-state index contributed by atoms with van der Waals surface area (Å²) in [4.78, 5) is 0. The van der Waals surface area contributed by atoms with E-state index in [0.29, 0.717) is 0 Å². The fraction of sp³-hybridized carbons (Fsp3) is 0.583. The summed E-state index contributed by atoms with van der Waals surface area (Å²) in [6, 6.07) is 4.32. The van der Waals surface area contributed by atoms with Gasteiger partial charge in [-0.3, -0.25) is 0 Å². The fourth-order valence-corrected chi connectivity index (χ4v) is 1.66. The maximum atomic E-state index is 4.20. The van der Waals surface area contributed by atoms with Crippen molar-refractivity contribution in [2.45, 2.75) is 39.2 Å². The Morgan fingerprint density at radius 3 is 2.36 bits per heavy atom. The number of hydrogen-bond acceptors (Lipinski definition) is 1. The van der Waals surface area contributed by atoms with Crippen LogP contribution >= 0.6 is 12.6 Å². The van der Waals surface area contributed by atoms with E-state index in [2.05, 4.69) is 48.6 Å². The summed E-state index contributed by atoms with van der Waals surface area (Å²) in [5.74, 6) is 1.03. The van der Waals surface area contributed by atoms with E-state index in [0.717, 1.165) is 12.3 Å². The van der Waals surface area contributed by atoms with Crippen molar-refractivity contribution in [2.24, 2.45) is 0 Å². The third-order valence-corrected chi connectivity index (χ3v) is 2.70. The number of aromatic nitrogens is 1. The lowest BCUT2D eigenvalue weighted by molar-refractivity contribution is -0.697. The Labute approximate surface area is 92.6 Å². The first-order valence-corrected chi connectivity index (χ1v) is 6.03. The normalized spacial score (nSPS) is 10.4. The highest BCUT2D eigenvalue weighted by molar-refractivity contribution is 7.80. The summed E-state index contributed by atoms with van der Waals surface area (Å²) in [6.07, 6.45) is 9.49. The highest BCUT2D eigenvalue weighted by atomic mass is 32.1. The van der Waals surface area contributed by atoms with Gasteiger partial charge in [-0.15, -0.1) is 0 Å². The van der Waals surface area contributed by atoms with E-state index in [-0.39, 0.29) is 0 Å². The van der Waals surface area contributed by atoms with Gasteiger partial charge in [0.25, 0.3) is 0 Å². The first-order valence-electron chi connectivity index (χ1n) is 5.39. The van der Waals surface area contributed by atoms with Crippen LogP contribution in [0, 0.1) is 6.92 Å². The first-order chi connectivity index (χ1) is 6.83. The van der Waals surface area contributed by atoms with Gasteiger partial charge in [0.2, 0.25) is 0 Å². The molecule has 1 rings (SSSR count). The third kappa shape index (κ3) is 4.66. The molecule has 1 aromatic rings. The summed E-state index contributed by atoms with van der Waals surface area (Å²) >= 11 is 4.20. The number of unbranched alkanes of at least 4 members (excludes halogenated alkanes) is 3. The highest BCUT2D eigenvalue weighted by Gasteiger charge is 1.98. The molecule has 0 saturated carbocycles. The number of nitrogens with zero attached hydrogens (tertiary/aromatic N) is 1. The number of pyridine rings is 1. The minimum Gasteiger partial charge on any atom is -0.205 e. The second-order valence-electron chi connectivity index (χ2n) is 3.75. The van der Waals surface area contributed by atoms with E-state index in [1.165, 1.54) is 31.2 Å². The lowest BCUT2D eigenvalue weighted by Crippen LogP contribution is -2.32. The average Bonchev–Trinajstić information content (AvgIpc) is 2.21. The first kappa shape index (κ1) is 11.6. The van der Waals surface area contributed by atoms with E-state index in [9.17, 15) is 0 Å². The Balaban J connectivity index is 2.15. The number of rotatable bonds is 6. The standard InChI is InChI=1S/C12H19NS/c1-12-6-9-13(10-7-12)8-4-2-3-5-11-14/h6-7,9-10H,2-5,8,11H2,1H3/p+1. The summed E-state index contributed by atoms with van der Waals surface area (Å²) in [5, 5.41) is 0. The zero-order valence-corrected chi connectivity index (χ0v) is 9.84. The molecule has 0 unspecified atom stereocenters. The third-order valence-electron chi connectivity index (χ3n) is 2.38. The van der Waals surface area contributed by atoms with Crippen molar-refractivity contribution in [1.82, 2.24) is 0 Å². The van der Waals surface area contributed by atoms with E-state index in [1.807, 2.05) is 0 Å².